The van der Waals surface area contributed by atoms with Crippen molar-refractivity contribution >= 4 is 48.2 Å². The smallest absolute Gasteiger partial charge is 0.326 e. The molecule has 0 rings (SSSR count). The van der Waals surface area contributed by atoms with Gasteiger partial charge < -0.3 is 37.6 Å². The lowest BCUT2D eigenvalue weighted by molar-refractivity contribution is -0.147. The monoisotopic (exact) mass is 477 g/mol. The fourth-order valence-corrected chi connectivity index (χ4v) is 2.71. The first-order chi connectivity index (χ1) is 14.8. The normalized spacial score (nSPS) is 15.4. The molecule has 0 aliphatic rings. The van der Waals surface area contributed by atoms with Gasteiger partial charge in [-0.15, -0.1) is 0 Å². The van der Waals surface area contributed by atoms with Crippen LogP contribution < -0.4 is 27.4 Å². The number of rotatable bonds is 15. The Morgan fingerprint density at radius 2 is 1.41 bits per heavy atom. The summed E-state index contributed by atoms with van der Waals surface area (Å²) in [5.41, 5.74) is 11.0. The number of carbonyl (C=O) groups is 6. The van der Waals surface area contributed by atoms with E-state index in [0.29, 0.717) is 6.42 Å². The van der Waals surface area contributed by atoms with Crippen LogP contribution in [-0.2, 0) is 28.8 Å². The molecule has 0 aliphatic carbocycles. The number of nitrogens with two attached hydrogens (primary N) is 2. The first-order valence-electron chi connectivity index (χ1n) is 9.84. The number of carboxylic acid groups (broad SMARTS) is 2. The van der Waals surface area contributed by atoms with Gasteiger partial charge in [-0.1, -0.05) is 20.3 Å². The zero-order valence-corrected chi connectivity index (χ0v) is 18.8. The van der Waals surface area contributed by atoms with E-state index in [1.807, 2.05) is 12.2 Å². The molecule has 32 heavy (non-hydrogen) atoms. The number of aliphatic carboxylic acids is 2. The van der Waals surface area contributed by atoms with E-state index in [4.69, 9.17) is 21.7 Å². The van der Waals surface area contributed by atoms with Crippen molar-refractivity contribution in [2.75, 3.05) is 5.75 Å². The van der Waals surface area contributed by atoms with Crippen molar-refractivity contribution in [1.29, 1.82) is 0 Å². The van der Waals surface area contributed by atoms with E-state index in [-0.39, 0.29) is 24.5 Å². The number of nitrogens with one attached hydrogen (secondary N) is 3. The molecule has 0 heterocycles. The summed E-state index contributed by atoms with van der Waals surface area (Å²) in [6, 6.07) is -5.24. The highest BCUT2D eigenvalue weighted by atomic mass is 32.1. The maximum atomic E-state index is 12.7. The fourth-order valence-electron chi connectivity index (χ4n) is 2.45. The zero-order chi connectivity index (χ0) is 25.0. The van der Waals surface area contributed by atoms with Crippen LogP contribution in [0.15, 0.2) is 0 Å². The van der Waals surface area contributed by atoms with Gasteiger partial charge in [0.25, 0.3) is 0 Å². The van der Waals surface area contributed by atoms with Crippen molar-refractivity contribution in [1.82, 2.24) is 16.0 Å². The van der Waals surface area contributed by atoms with E-state index in [0.717, 1.165) is 0 Å². The molecule has 4 amide bonds. The molecule has 0 aliphatic heterocycles. The van der Waals surface area contributed by atoms with Crippen LogP contribution in [0, 0.1) is 5.92 Å². The fraction of sp³-hybridized carbons (Fsp3) is 0.667. The van der Waals surface area contributed by atoms with E-state index in [1.165, 1.54) is 0 Å². The lowest BCUT2D eigenvalue weighted by Gasteiger charge is -2.25. The van der Waals surface area contributed by atoms with Crippen LogP contribution in [0.3, 0.4) is 0 Å². The average Bonchev–Trinajstić information content (AvgIpc) is 2.71. The molecule has 0 aromatic rings. The van der Waals surface area contributed by atoms with Gasteiger partial charge in [-0.2, -0.15) is 12.6 Å². The van der Waals surface area contributed by atoms with Crippen molar-refractivity contribution in [2.45, 2.75) is 63.7 Å². The molecule has 0 saturated carbocycles. The summed E-state index contributed by atoms with van der Waals surface area (Å²) < 4.78 is 0. The first kappa shape index (κ1) is 29.1. The number of hydrogen-bond donors (Lipinski definition) is 8. The minimum atomic E-state index is -1.72. The number of thiol groups is 1. The number of carboxylic acids is 2. The molecule has 5 unspecified atom stereocenters. The second-order valence-electron chi connectivity index (χ2n) is 7.22. The Kier molecular flexibility index (Phi) is 13.0. The summed E-state index contributed by atoms with van der Waals surface area (Å²) in [6.45, 7) is 3.58. The Morgan fingerprint density at radius 3 is 1.84 bits per heavy atom. The summed E-state index contributed by atoms with van der Waals surface area (Å²) in [4.78, 5) is 70.4. The highest BCUT2D eigenvalue weighted by Gasteiger charge is 2.31. The highest BCUT2D eigenvalue weighted by Crippen LogP contribution is 2.07. The highest BCUT2D eigenvalue weighted by molar-refractivity contribution is 7.80. The molecule has 0 bridgehead atoms. The van der Waals surface area contributed by atoms with E-state index in [9.17, 15) is 28.8 Å². The summed E-state index contributed by atoms with van der Waals surface area (Å²) in [5, 5.41) is 24.5. The molecule has 9 N–H and O–H groups in total. The van der Waals surface area contributed by atoms with E-state index in [2.05, 4.69) is 23.3 Å². The Balaban J connectivity index is 5.36. The number of amides is 4. The first-order valence-corrected chi connectivity index (χ1v) is 10.5. The molecule has 0 fully saturated rings. The van der Waals surface area contributed by atoms with Crippen molar-refractivity contribution in [3.8, 4) is 0 Å². The van der Waals surface area contributed by atoms with Gasteiger partial charge in [-0.05, 0) is 12.3 Å². The minimum Gasteiger partial charge on any atom is -0.481 e. The second-order valence-corrected chi connectivity index (χ2v) is 7.58. The SMILES string of the molecule is CCC(C)C(N)C(=O)NC(CCC(N)=O)C(=O)NC(CS)C(=O)NC(CC(=O)O)C(=O)O. The third-order valence-electron chi connectivity index (χ3n) is 4.68. The maximum Gasteiger partial charge on any atom is 0.326 e. The van der Waals surface area contributed by atoms with Crippen LogP contribution in [0.1, 0.15) is 39.5 Å². The van der Waals surface area contributed by atoms with Crippen molar-refractivity contribution < 1.29 is 39.0 Å². The van der Waals surface area contributed by atoms with Crippen LogP contribution >= 0.6 is 12.6 Å². The molecule has 13 nitrogen and oxygen atoms in total. The number of carbonyl (C=O) groups excluding carboxylic acids is 4. The standard InChI is InChI=1S/C18H31N5O8S/c1-3-8(2)14(20)17(29)21-9(4-5-12(19)24)15(27)23-11(7-32)16(28)22-10(18(30)31)6-13(25)26/h8-11,14,32H,3-7,20H2,1-2H3,(H2,19,24)(H,21,29)(H,22,28)(H,23,27)(H,25,26)(H,30,31). The molecule has 0 saturated heterocycles. The van der Waals surface area contributed by atoms with Gasteiger partial charge in [0.15, 0.2) is 0 Å². The lowest BCUT2D eigenvalue weighted by Crippen LogP contribution is -2.58. The molecule has 14 heteroatoms. The summed E-state index contributed by atoms with van der Waals surface area (Å²) in [7, 11) is 0. The third-order valence-corrected chi connectivity index (χ3v) is 5.05. The summed E-state index contributed by atoms with van der Waals surface area (Å²) >= 11 is 3.95. The minimum absolute atomic E-state index is 0.169. The summed E-state index contributed by atoms with van der Waals surface area (Å²) in [6.07, 6.45) is -0.680. The lowest BCUT2D eigenvalue weighted by atomic mass is 9.98. The molecule has 182 valence electrons. The van der Waals surface area contributed by atoms with Crippen LogP contribution in [0.4, 0.5) is 0 Å². The van der Waals surface area contributed by atoms with E-state index < -0.39 is 66.2 Å². The zero-order valence-electron chi connectivity index (χ0n) is 17.9. The van der Waals surface area contributed by atoms with Crippen molar-refractivity contribution in [3.63, 3.8) is 0 Å². The van der Waals surface area contributed by atoms with Crippen LogP contribution in [0.25, 0.3) is 0 Å². The number of hydrogen-bond acceptors (Lipinski definition) is 8. The maximum absolute atomic E-state index is 12.7. The molecular weight excluding hydrogens is 446 g/mol. The van der Waals surface area contributed by atoms with Crippen LogP contribution in [0.5, 0.6) is 0 Å². The number of primary amides is 1. The second kappa shape index (κ2) is 14.2. The molecule has 5 atom stereocenters. The van der Waals surface area contributed by atoms with Gasteiger partial charge in [0.2, 0.25) is 23.6 Å². The third kappa shape index (κ3) is 10.4. The molecule has 0 aromatic carbocycles. The van der Waals surface area contributed by atoms with Crippen molar-refractivity contribution in [2.24, 2.45) is 17.4 Å². The van der Waals surface area contributed by atoms with Gasteiger partial charge in [-0.3, -0.25) is 24.0 Å². The molecule has 0 spiro atoms. The van der Waals surface area contributed by atoms with E-state index >= 15 is 0 Å². The van der Waals surface area contributed by atoms with Gasteiger partial charge in [0, 0.05) is 12.2 Å². The predicted molar refractivity (Wildman–Crippen MR) is 115 cm³/mol. The summed E-state index contributed by atoms with van der Waals surface area (Å²) in [5.74, 6) is -6.67. The topological polar surface area (TPSA) is 231 Å². The van der Waals surface area contributed by atoms with Gasteiger partial charge >= 0.3 is 11.9 Å². The van der Waals surface area contributed by atoms with Crippen molar-refractivity contribution in [3.05, 3.63) is 0 Å². The van der Waals surface area contributed by atoms with Gasteiger partial charge in [0.05, 0.1) is 12.5 Å². The quantitative estimate of drug-likeness (QED) is 0.117. The molecule has 0 aromatic heterocycles. The Morgan fingerprint density at radius 1 is 0.906 bits per heavy atom. The molecule has 0 radical (unpaired) electrons. The van der Waals surface area contributed by atoms with E-state index in [1.54, 1.807) is 6.92 Å². The Hall–Kier alpha value is -2.87. The van der Waals surface area contributed by atoms with Gasteiger partial charge in [-0.25, -0.2) is 4.79 Å². The van der Waals surface area contributed by atoms with Gasteiger partial charge in [0.1, 0.15) is 18.1 Å². The largest absolute Gasteiger partial charge is 0.481 e. The van der Waals surface area contributed by atoms with Crippen LogP contribution in [-0.4, -0.2) is 75.7 Å². The van der Waals surface area contributed by atoms with Crippen LogP contribution in [0.2, 0.25) is 0 Å². The average molecular weight is 478 g/mol. The Bertz CT molecular complexity index is 719. The Labute approximate surface area is 190 Å². The predicted octanol–water partition coefficient (Wildman–Crippen LogP) is -2.43. The molecular formula is C18H31N5O8S.